The molecule has 0 saturated heterocycles. The van der Waals surface area contributed by atoms with Crippen LogP contribution in [0.5, 0.6) is 0 Å². The lowest BCUT2D eigenvalue weighted by Gasteiger charge is -1.90. The molecule has 0 atom stereocenters. The summed E-state index contributed by atoms with van der Waals surface area (Å²) in [6, 6.07) is 4.38. The van der Waals surface area contributed by atoms with Gasteiger partial charge in [0.05, 0.1) is 9.85 Å². The van der Waals surface area contributed by atoms with Gasteiger partial charge in [-0.2, -0.15) is 0 Å². The van der Waals surface area contributed by atoms with Crippen molar-refractivity contribution in [2.24, 2.45) is 5.34 Å². The normalized spacial score (nSPS) is 8.27. The zero-order chi connectivity index (χ0) is 11.8. The summed E-state index contributed by atoms with van der Waals surface area (Å²) in [5, 5.41) is 28.1. The van der Waals surface area contributed by atoms with E-state index in [1.807, 2.05) is 0 Å². The third-order valence-electron chi connectivity index (χ3n) is 1.27. The summed E-state index contributed by atoms with van der Waals surface area (Å²) in [7, 11) is 0. The van der Waals surface area contributed by atoms with Crippen LogP contribution in [0, 0.1) is 25.1 Å². The van der Waals surface area contributed by atoms with E-state index >= 15 is 0 Å². The Hall–Kier alpha value is -2.58. The molecule has 1 rings (SSSR count). The van der Waals surface area contributed by atoms with Gasteiger partial charge in [0, 0.05) is 24.3 Å². The van der Waals surface area contributed by atoms with Crippen LogP contribution in [0.15, 0.2) is 29.6 Å². The van der Waals surface area contributed by atoms with Crippen LogP contribution < -0.4 is 0 Å². The summed E-state index contributed by atoms with van der Waals surface area (Å²) in [5.74, 6) is 0. The average molecular weight is 215 g/mol. The Kier molecular flexibility index (Phi) is 4.94. The fourth-order valence-electron chi connectivity index (χ4n) is 0.696. The second kappa shape index (κ2) is 5.96. The first kappa shape index (κ1) is 12.4. The van der Waals surface area contributed by atoms with E-state index in [1.165, 1.54) is 5.34 Å². The standard InChI is InChI=1S/C6H4N2O4.HNO2/c9-7(10)5-1-2-6(4-3-5)8(11)12;2-1-3/h1-4H;(H,2,3). The van der Waals surface area contributed by atoms with Crippen molar-refractivity contribution in [2.75, 3.05) is 0 Å². The van der Waals surface area contributed by atoms with Gasteiger partial charge in [-0.15, -0.1) is 4.91 Å². The average Bonchev–Trinajstić information content (AvgIpc) is 2.19. The number of hydrogen-bond donors (Lipinski definition) is 1. The third kappa shape index (κ3) is 4.26. The molecule has 0 aliphatic heterocycles. The van der Waals surface area contributed by atoms with Crippen LogP contribution in [0.1, 0.15) is 0 Å². The molecule has 9 nitrogen and oxygen atoms in total. The van der Waals surface area contributed by atoms with Crippen LogP contribution in [0.2, 0.25) is 0 Å². The molecule has 0 amide bonds. The van der Waals surface area contributed by atoms with Gasteiger partial charge < -0.3 is 5.21 Å². The lowest BCUT2D eigenvalue weighted by Crippen LogP contribution is -1.90. The Bertz CT molecular complexity index is 329. The maximum Gasteiger partial charge on any atom is 0.269 e. The van der Waals surface area contributed by atoms with Gasteiger partial charge in [-0.3, -0.25) is 20.2 Å². The van der Waals surface area contributed by atoms with Gasteiger partial charge in [-0.25, -0.2) is 0 Å². The Morgan fingerprint density at radius 2 is 1.20 bits per heavy atom. The lowest BCUT2D eigenvalue weighted by molar-refractivity contribution is -0.389. The molecule has 0 aromatic heterocycles. The largest absolute Gasteiger partial charge is 0.379 e. The molecule has 0 spiro atoms. The summed E-state index contributed by atoms with van der Waals surface area (Å²) < 4.78 is 0. The van der Waals surface area contributed by atoms with E-state index in [-0.39, 0.29) is 11.4 Å². The minimum absolute atomic E-state index is 0.152. The minimum Gasteiger partial charge on any atom is -0.379 e. The fraction of sp³-hybridized carbons (Fsp3) is 0. The molecule has 1 aromatic carbocycles. The quantitative estimate of drug-likeness (QED) is 0.452. The molecule has 0 fully saturated rings. The third-order valence-corrected chi connectivity index (χ3v) is 1.27. The van der Waals surface area contributed by atoms with Crippen LogP contribution >= 0.6 is 0 Å². The van der Waals surface area contributed by atoms with Gasteiger partial charge in [0.2, 0.25) is 0 Å². The Labute approximate surface area is 82.2 Å². The first-order valence-electron chi connectivity index (χ1n) is 3.38. The first-order chi connectivity index (χ1) is 7.02. The zero-order valence-electron chi connectivity index (χ0n) is 7.14. The highest BCUT2D eigenvalue weighted by molar-refractivity contribution is 5.39. The first-order valence-corrected chi connectivity index (χ1v) is 3.38. The molecule has 0 bridgehead atoms. The predicted molar refractivity (Wildman–Crippen MR) is 47.3 cm³/mol. The number of nitro groups is 2. The van der Waals surface area contributed by atoms with Crippen molar-refractivity contribution in [3.8, 4) is 0 Å². The summed E-state index contributed by atoms with van der Waals surface area (Å²) >= 11 is 0. The topological polar surface area (TPSA) is 136 Å². The minimum atomic E-state index is -0.607. The van der Waals surface area contributed by atoms with E-state index in [2.05, 4.69) is 0 Å². The van der Waals surface area contributed by atoms with E-state index in [1.54, 1.807) is 0 Å². The summed E-state index contributed by atoms with van der Waals surface area (Å²) in [4.78, 5) is 27.1. The molecule has 9 heteroatoms. The SMILES string of the molecule is O=NO.O=[N+]([O-])c1ccc([N+](=O)[O-])cc1. The van der Waals surface area contributed by atoms with Crippen molar-refractivity contribution in [3.05, 3.63) is 49.4 Å². The second-order valence-corrected chi connectivity index (χ2v) is 2.11. The van der Waals surface area contributed by atoms with Crippen LogP contribution in [0.4, 0.5) is 11.4 Å². The summed E-state index contributed by atoms with van der Waals surface area (Å²) in [5.41, 5.74) is -0.304. The van der Waals surface area contributed by atoms with Crippen molar-refractivity contribution in [1.82, 2.24) is 0 Å². The molecule has 0 radical (unpaired) electrons. The maximum atomic E-state index is 10.1. The highest BCUT2D eigenvalue weighted by Gasteiger charge is 2.08. The van der Waals surface area contributed by atoms with E-state index in [0.717, 1.165) is 24.3 Å². The molecule has 15 heavy (non-hydrogen) atoms. The molecular weight excluding hydrogens is 210 g/mol. The van der Waals surface area contributed by atoms with Crippen molar-refractivity contribution < 1.29 is 15.1 Å². The molecule has 0 aliphatic carbocycles. The van der Waals surface area contributed by atoms with Crippen molar-refractivity contribution in [3.63, 3.8) is 0 Å². The lowest BCUT2D eigenvalue weighted by atomic mass is 10.3. The number of nitro benzene ring substituents is 2. The van der Waals surface area contributed by atoms with E-state index in [4.69, 9.17) is 10.1 Å². The van der Waals surface area contributed by atoms with E-state index in [9.17, 15) is 20.2 Å². The van der Waals surface area contributed by atoms with E-state index < -0.39 is 9.85 Å². The monoisotopic (exact) mass is 215 g/mol. The smallest absolute Gasteiger partial charge is 0.269 e. The van der Waals surface area contributed by atoms with Gasteiger partial charge in [0.15, 0.2) is 5.34 Å². The molecule has 0 unspecified atom stereocenters. The van der Waals surface area contributed by atoms with Crippen molar-refractivity contribution in [1.29, 1.82) is 0 Å². The maximum absolute atomic E-state index is 10.1. The molecule has 80 valence electrons. The second-order valence-electron chi connectivity index (χ2n) is 2.11. The van der Waals surface area contributed by atoms with Crippen LogP contribution in [-0.4, -0.2) is 15.1 Å². The highest BCUT2D eigenvalue weighted by atomic mass is 16.6. The van der Waals surface area contributed by atoms with E-state index in [0.29, 0.717) is 0 Å². The number of nitrogens with zero attached hydrogens (tertiary/aromatic N) is 3. The zero-order valence-corrected chi connectivity index (χ0v) is 7.14. The Balaban J connectivity index is 0.000000583. The predicted octanol–water partition coefficient (Wildman–Crippen LogP) is 1.65. The molecule has 0 aliphatic rings. The molecule has 1 N–H and O–H groups in total. The Morgan fingerprint density at radius 3 is 1.33 bits per heavy atom. The van der Waals surface area contributed by atoms with Gasteiger partial charge in [0.25, 0.3) is 11.4 Å². The summed E-state index contributed by atoms with van der Waals surface area (Å²) in [6.07, 6.45) is 0. The molecule has 0 heterocycles. The highest BCUT2D eigenvalue weighted by Crippen LogP contribution is 2.16. The molecule has 1 aromatic rings. The van der Waals surface area contributed by atoms with Crippen molar-refractivity contribution in [2.45, 2.75) is 0 Å². The van der Waals surface area contributed by atoms with Crippen LogP contribution in [0.25, 0.3) is 0 Å². The molecule has 0 saturated carbocycles. The van der Waals surface area contributed by atoms with Crippen molar-refractivity contribution >= 4 is 11.4 Å². The fourth-order valence-corrected chi connectivity index (χ4v) is 0.696. The van der Waals surface area contributed by atoms with Crippen LogP contribution in [-0.2, 0) is 0 Å². The number of hydrogen-bond acceptors (Lipinski definition) is 6. The number of non-ortho nitro benzene ring substituents is 2. The Morgan fingerprint density at radius 1 is 1.00 bits per heavy atom. The number of rotatable bonds is 2. The van der Waals surface area contributed by atoms with Crippen LogP contribution in [0.3, 0.4) is 0 Å². The summed E-state index contributed by atoms with van der Waals surface area (Å²) in [6.45, 7) is 0. The van der Waals surface area contributed by atoms with Gasteiger partial charge in [-0.1, -0.05) is 0 Å². The van der Waals surface area contributed by atoms with Gasteiger partial charge >= 0.3 is 0 Å². The van der Waals surface area contributed by atoms with Gasteiger partial charge in [-0.05, 0) is 0 Å². The number of benzene rings is 1. The molecular formula is C6H5N3O6. The van der Waals surface area contributed by atoms with Gasteiger partial charge in [0.1, 0.15) is 0 Å².